The molecule has 1 fully saturated rings. The third-order valence-corrected chi connectivity index (χ3v) is 6.33. The number of hydrogen-bond acceptors (Lipinski definition) is 4. The van der Waals surface area contributed by atoms with Gasteiger partial charge in [-0.2, -0.15) is 0 Å². The van der Waals surface area contributed by atoms with E-state index in [0.717, 1.165) is 35.2 Å². The fourth-order valence-electron chi connectivity index (χ4n) is 2.02. The maximum Gasteiger partial charge on any atom is 0.213 e. The number of thiophene rings is 1. The Morgan fingerprint density at radius 3 is 2.94 bits per heavy atom. The van der Waals surface area contributed by atoms with E-state index in [1.807, 2.05) is 11.4 Å². The summed E-state index contributed by atoms with van der Waals surface area (Å²) in [4.78, 5) is 1.01. The molecule has 0 bridgehead atoms. The van der Waals surface area contributed by atoms with Crippen molar-refractivity contribution >= 4 is 37.3 Å². The number of sulfonamides is 1. The lowest BCUT2D eigenvalue weighted by Gasteiger charge is -2.23. The average molecular weight is 353 g/mol. The summed E-state index contributed by atoms with van der Waals surface area (Å²) in [6, 6.07) is 2.03. The molecule has 1 aromatic heterocycles. The Balaban J connectivity index is 1.85. The van der Waals surface area contributed by atoms with Crippen molar-refractivity contribution in [2.75, 3.05) is 12.3 Å². The lowest BCUT2D eigenvalue weighted by atomic mass is 10.1. The van der Waals surface area contributed by atoms with Crippen molar-refractivity contribution in [1.82, 2.24) is 10.0 Å². The molecule has 2 rings (SSSR count). The smallest absolute Gasteiger partial charge is 0.213 e. The number of rotatable bonds is 5. The molecular weight excluding hydrogens is 336 g/mol. The molecular formula is C11H17BrN2O2S2. The SMILES string of the molecule is O=S(=O)(CC1CCCCN1)NCc1sccc1Br. The van der Waals surface area contributed by atoms with E-state index in [1.165, 1.54) is 0 Å². The van der Waals surface area contributed by atoms with Gasteiger partial charge >= 0.3 is 0 Å². The van der Waals surface area contributed by atoms with E-state index in [0.29, 0.717) is 6.54 Å². The van der Waals surface area contributed by atoms with Crippen molar-refractivity contribution in [2.24, 2.45) is 0 Å². The molecule has 1 unspecified atom stereocenters. The summed E-state index contributed by atoms with van der Waals surface area (Å²) < 4.78 is 27.5. The van der Waals surface area contributed by atoms with Crippen molar-refractivity contribution in [2.45, 2.75) is 31.8 Å². The zero-order chi connectivity index (χ0) is 13.0. The van der Waals surface area contributed by atoms with E-state index in [1.54, 1.807) is 11.3 Å². The molecule has 0 aromatic carbocycles. The van der Waals surface area contributed by atoms with E-state index in [2.05, 4.69) is 26.0 Å². The van der Waals surface area contributed by atoms with Crippen LogP contribution in [0.15, 0.2) is 15.9 Å². The minimum atomic E-state index is -3.20. The summed E-state index contributed by atoms with van der Waals surface area (Å²) in [5.74, 6) is 0.177. The maximum atomic E-state index is 11.9. The molecule has 4 nitrogen and oxygen atoms in total. The highest BCUT2D eigenvalue weighted by atomic mass is 79.9. The molecule has 1 aliphatic heterocycles. The van der Waals surface area contributed by atoms with Crippen LogP contribution in [-0.2, 0) is 16.6 Å². The molecule has 1 atom stereocenters. The highest BCUT2D eigenvalue weighted by Crippen LogP contribution is 2.22. The number of nitrogens with one attached hydrogen (secondary N) is 2. The topological polar surface area (TPSA) is 58.2 Å². The van der Waals surface area contributed by atoms with Crippen molar-refractivity contribution in [3.8, 4) is 0 Å². The van der Waals surface area contributed by atoms with Crippen molar-refractivity contribution in [3.63, 3.8) is 0 Å². The molecule has 18 heavy (non-hydrogen) atoms. The zero-order valence-electron chi connectivity index (χ0n) is 9.99. The van der Waals surface area contributed by atoms with Gasteiger partial charge in [-0.05, 0) is 46.8 Å². The Bertz CT molecular complexity index is 481. The van der Waals surface area contributed by atoms with Gasteiger partial charge in [-0.25, -0.2) is 13.1 Å². The highest BCUT2D eigenvalue weighted by molar-refractivity contribution is 9.10. The van der Waals surface area contributed by atoms with E-state index < -0.39 is 10.0 Å². The summed E-state index contributed by atoms with van der Waals surface area (Å²) in [6.45, 7) is 1.30. The lowest BCUT2D eigenvalue weighted by molar-refractivity contribution is 0.422. The minimum Gasteiger partial charge on any atom is -0.313 e. The van der Waals surface area contributed by atoms with Crippen molar-refractivity contribution < 1.29 is 8.42 Å². The van der Waals surface area contributed by atoms with Crippen LogP contribution in [0.1, 0.15) is 24.1 Å². The summed E-state index contributed by atoms with van der Waals surface area (Å²) in [7, 11) is -3.20. The molecule has 7 heteroatoms. The molecule has 2 heterocycles. The van der Waals surface area contributed by atoms with Crippen LogP contribution in [0, 0.1) is 0 Å². The van der Waals surface area contributed by atoms with Crippen LogP contribution in [0.4, 0.5) is 0 Å². The fraction of sp³-hybridized carbons (Fsp3) is 0.636. The second-order valence-electron chi connectivity index (χ2n) is 4.44. The van der Waals surface area contributed by atoms with Gasteiger partial charge in [0.05, 0.1) is 5.75 Å². The first-order valence-corrected chi connectivity index (χ1v) is 9.32. The van der Waals surface area contributed by atoms with Crippen LogP contribution in [0.25, 0.3) is 0 Å². The van der Waals surface area contributed by atoms with Gasteiger partial charge in [0.1, 0.15) is 0 Å². The Kier molecular flexibility index (Phi) is 5.20. The van der Waals surface area contributed by atoms with Gasteiger partial charge < -0.3 is 5.32 Å². The maximum absolute atomic E-state index is 11.9. The molecule has 1 aromatic rings. The quantitative estimate of drug-likeness (QED) is 0.852. The van der Waals surface area contributed by atoms with Gasteiger partial charge in [0.25, 0.3) is 0 Å². The summed E-state index contributed by atoms with van der Waals surface area (Å²) in [5.41, 5.74) is 0. The highest BCUT2D eigenvalue weighted by Gasteiger charge is 2.20. The van der Waals surface area contributed by atoms with Crippen LogP contribution >= 0.6 is 27.3 Å². The number of halogens is 1. The molecule has 0 saturated carbocycles. The van der Waals surface area contributed by atoms with Gasteiger partial charge in [-0.1, -0.05) is 6.42 Å². The summed E-state index contributed by atoms with van der Waals surface area (Å²) in [6.07, 6.45) is 3.21. The van der Waals surface area contributed by atoms with Crippen LogP contribution < -0.4 is 10.0 Å². The van der Waals surface area contributed by atoms with Crippen molar-refractivity contribution in [3.05, 3.63) is 20.8 Å². The van der Waals surface area contributed by atoms with E-state index in [4.69, 9.17) is 0 Å². The summed E-state index contributed by atoms with van der Waals surface area (Å²) >= 11 is 4.94. The Labute approximate surface area is 120 Å². The minimum absolute atomic E-state index is 0.100. The van der Waals surface area contributed by atoms with E-state index >= 15 is 0 Å². The summed E-state index contributed by atoms with van der Waals surface area (Å²) in [5, 5.41) is 5.19. The average Bonchev–Trinajstić information content (AvgIpc) is 2.73. The van der Waals surface area contributed by atoms with Gasteiger partial charge in [-0.3, -0.25) is 0 Å². The third kappa shape index (κ3) is 4.31. The van der Waals surface area contributed by atoms with Crippen LogP contribution in [-0.4, -0.2) is 26.8 Å². The first-order chi connectivity index (χ1) is 8.57. The van der Waals surface area contributed by atoms with E-state index in [9.17, 15) is 8.42 Å². The second-order valence-corrected chi connectivity index (χ2v) is 8.15. The molecule has 102 valence electrons. The molecule has 2 N–H and O–H groups in total. The van der Waals surface area contributed by atoms with Crippen LogP contribution in [0.2, 0.25) is 0 Å². The zero-order valence-corrected chi connectivity index (χ0v) is 13.2. The second kappa shape index (κ2) is 6.47. The van der Waals surface area contributed by atoms with Crippen LogP contribution in [0.5, 0.6) is 0 Å². The van der Waals surface area contributed by atoms with Gasteiger partial charge in [-0.15, -0.1) is 11.3 Å². The van der Waals surface area contributed by atoms with Crippen molar-refractivity contribution in [1.29, 1.82) is 0 Å². The van der Waals surface area contributed by atoms with Gasteiger partial charge in [0.15, 0.2) is 0 Å². The third-order valence-electron chi connectivity index (χ3n) is 2.98. The number of piperidine rings is 1. The Morgan fingerprint density at radius 2 is 2.33 bits per heavy atom. The Hall–Kier alpha value is 0.0500. The fourth-order valence-corrected chi connectivity index (χ4v) is 4.84. The molecule has 0 amide bonds. The Morgan fingerprint density at radius 1 is 1.50 bits per heavy atom. The monoisotopic (exact) mass is 352 g/mol. The first kappa shape index (κ1) is 14.5. The lowest BCUT2D eigenvalue weighted by Crippen LogP contribution is -2.42. The van der Waals surface area contributed by atoms with Gasteiger partial charge in [0.2, 0.25) is 10.0 Å². The normalized spacial score (nSPS) is 21.1. The van der Waals surface area contributed by atoms with Gasteiger partial charge in [0, 0.05) is 21.9 Å². The van der Waals surface area contributed by atoms with Crippen LogP contribution in [0.3, 0.4) is 0 Å². The molecule has 1 aliphatic rings. The van der Waals surface area contributed by atoms with E-state index in [-0.39, 0.29) is 11.8 Å². The molecule has 0 radical (unpaired) electrons. The predicted octanol–water partition coefficient (Wildman–Crippen LogP) is 2.07. The largest absolute Gasteiger partial charge is 0.313 e. The molecule has 1 saturated heterocycles. The standard InChI is InChI=1S/C11H17BrN2O2S2/c12-10-4-6-17-11(10)7-14-18(15,16)8-9-3-1-2-5-13-9/h4,6,9,13-14H,1-3,5,7-8H2. The first-order valence-electron chi connectivity index (χ1n) is 5.99. The predicted molar refractivity (Wildman–Crippen MR) is 78.3 cm³/mol. The molecule has 0 aliphatic carbocycles. The number of hydrogen-bond donors (Lipinski definition) is 2. The molecule has 0 spiro atoms.